The molecule has 3 N–H and O–H groups in total. The molecule has 110 valence electrons. The van der Waals surface area contributed by atoms with Crippen LogP contribution in [-0.2, 0) is 0 Å². The van der Waals surface area contributed by atoms with Gasteiger partial charge in [-0.15, -0.1) is 10.2 Å². The van der Waals surface area contributed by atoms with Crippen LogP contribution in [0.15, 0.2) is 54.7 Å². The lowest BCUT2D eigenvalue weighted by Gasteiger charge is -2.16. The van der Waals surface area contributed by atoms with Crippen molar-refractivity contribution in [1.29, 1.82) is 0 Å². The van der Waals surface area contributed by atoms with Crippen LogP contribution in [0, 0.1) is 0 Å². The summed E-state index contributed by atoms with van der Waals surface area (Å²) < 4.78 is 0. The van der Waals surface area contributed by atoms with Crippen LogP contribution in [0.2, 0.25) is 0 Å². The molecule has 0 unspecified atom stereocenters. The Morgan fingerprint density at radius 3 is 2.50 bits per heavy atom. The molecular weight excluding hydrogens is 298 g/mol. The number of carbonyl (C=O) groups is 1. The molecule has 22 heavy (non-hydrogen) atoms. The van der Waals surface area contributed by atoms with Crippen molar-refractivity contribution in [1.82, 2.24) is 20.5 Å². The lowest BCUT2D eigenvalue weighted by molar-refractivity contribution is 0.0938. The van der Waals surface area contributed by atoms with Gasteiger partial charge in [0.1, 0.15) is 16.7 Å². The minimum absolute atomic E-state index is 0.275. The fourth-order valence-electron chi connectivity index (χ4n) is 2.00. The first-order valence-corrected chi connectivity index (χ1v) is 7.41. The third-order valence-electron chi connectivity index (χ3n) is 3.01. The van der Waals surface area contributed by atoms with E-state index < -0.39 is 6.04 Å². The molecule has 1 aromatic carbocycles. The van der Waals surface area contributed by atoms with Crippen molar-refractivity contribution in [3.05, 3.63) is 71.0 Å². The van der Waals surface area contributed by atoms with Gasteiger partial charge >= 0.3 is 0 Å². The zero-order valence-electron chi connectivity index (χ0n) is 11.5. The number of benzene rings is 1. The van der Waals surface area contributed by atoms with E-state index in [-0.39, 0.29) is 5.91 Å². The summed E-state index contributed by atoms with van der Waals surface area (Å²) in [5.74, 6) is -0.275. The van der Waals surface area contributed by atoms with Gasteiger partial charge < -0.3 is 11.1 Å². The van der Waals surface area contributed by atoms with Gasteiger partial charge in [0, 0.05) is 6.20 Å². The molecule has 2 heterocycles. The fraction of sp³-hybridized carbons (Fsp3) is 0.0667. The van der Waals surface area contributed by atoms with Crippen molar-refractivity contribution in [2.45, 2.75) is 6.04 Å². The Morgan fingerprint density at radius 1 is 1.09 bits per heavy atom. The predicted molar refractivity (Wildman–Crippen MR) is 84.3 cm³/mol. The summed E-state index contributed by atoms with van der Waals surface area (Å²) >= 11 is 1.25. The highest BCUT2D eigenvalue weighted by Gasteiger charge is 2.21. The zero-order valence-corrected chi connectivity index (χ0v) is 12.3. The van der Waals surface area contributed by atoms with Crippen molar-refractivity contribution < 1.29 is 4.79 Å². The fourth-order valence-corrected chi connectivity index (χ4v) is 2.69. The summed E-state index contributed by atoms with van der Waals surface area (Å²) in [7, 11) is 0. The molecule has 1 atom stereocenters. The van der Waals surface area contributed by atoms with E-state index in [2.05, 4.69) is 20.5 Å². The van der Waals surface area contributed by atoms with E-state index in [9.17, 15) is 4.79 Å². The highest BCUT2D eigenvalue weighted by Crippen LogP contribution is 2.26. The van der Waals surface area contributed by atoms with E-state index >= 15 is 0 Å². The van der Waals surface area contributed by atoms with Crippen molar-refractivity contribution in [2.75, 3.05) is 5.73 Å². The molecule has 0 saturated carbocycles. The van der Waals surface area contributed by atoms with Crippen LogP contribution in [0.5, 0.6) is 0 Å². The molecule has 7 heteroatoms. The average Bonchev–Trinajstić information content (AvgIpc) is 3.00. The van der Waals surface area contributed by atoms with Gasteiger partial charge in [-0.2, -0.15) is 0 Å². The standard InChI is InChI=1S/C15H13N5OS/c16-15-20-19-14(22-15)12(10-6-2-1-3-7-10)18-13(21)11-8-4-5-9-17-11/h1-9,12H,(H2,16,20)(H,18,21)/t12-/m0/s1. The van der Waals surface area contributed by atoms with Crippen LogP contribution in [-0.4, -0.2) is 21.1 Å². The molecule has 0 spiro atoms. The Hall–Kier alpha value is -2.80. The molecule has 0 bridgehead atoms. The predicted octanol–water partition coefficient (Wildman–Crippen LogP) is 2.03. The molecule has 1 amide bonds. The van der Waals surface area contributed by atoms with Gasteiger partial charge in [-0.3, -0.25) is 9.78 Å². The number of anilines is 1. The SMILES string of the molecule is Nc1nnc([C@@H](NC(=O)c2ccccn2)c2ccccc2)s1. The van der Waals surface area contributed by atoms with Gasteiger partial charge in [0.05, 0.1) is 0 Å². The highest BCUT2D eigenvalue weighted by molar-refractivity contribution is 7.15. The number of carbonyl (C=O) groups excluding carboxylic acids is 1. The molecule has 0 fully saturated rings. The van der Waals surface area contributed by atoms with Crippen LogP contribution >= 0.6 is 11.3 Å². The molecule has 0 saturated heterocycles. The summed E-state index contributed by atoms with van der Waals surface area (Å²) in [4.78, 5) is 16.4. The first-order chi connectivity index (χ1) is 10.7. The Kier molecular flexibility index (Phi) is 4.06. The van der Waals surface area contributed by atoms with E-state index in [1.165, 1.54) is 11.3 Å². The van der Waals surface area contributed by atoms with Crippen molar-refractivity contribution in [3.63, 3.8) is 0 Å². The molecule has 0 aliphatic heterocycles. The minimum Gasteiger partial charge on any atom is -0.374 e. The third kappa shape index (κ3) is 3.09. The van der Waals surface area contributed by atoms with E-state index in [1.54, 1.807) is 24.4 Å². The van der Waals surface area contributed by atoms with Crippen LogP contribution in [0.4, 0.5) is 5.13 Å². The molecule has 6 nitrogen and oxygen atoms in total. The number of nitrogens with zero attached hydrogens (tertiary/aromatic N) is 3. The van der Waals surface area contributed by atoms with E-state index in [0.717, 1.165) is 5.56 Å². The quantitative estimate of drug-likeness (QED) is 0.769. The van der Waals surface area contributed by atoms with Gasteiger partial charge in [0.15, 0.2) is 0 Å². The molecule has 2 aromatic heterocycles. The first-order valence-electron chi connectivity index (χ1n) is 6.60. The second kappa shape index (κ2) is 6.31. The number of amides is 1. The Bertz CT molecular complexity index is 760. The number of rotatable bonds is 4. The largest absolute Gasteiger partial charge is 0.374 e. The van der Waals surface area contributed by atoms with Crippen LogP contribution < -0.4 is 11.1 Å². The molecular formula is C15H13N5OS. The molecule has 0 aliphatic carbocycles. The number of aromatic nitrogens is 3. The first kappa shape index (κ1) is 14.2. The Labute approximate surface area is 131 Å². The van der Waals surface area contributed by atoms with Crippen molar-refractivity contribution in [3.8, 4) is 0 Å². The van der Waals surface area contributed by atoms with E-state index in [4.69, 9.17) is 5.73 Å². The zero-order chi connectivity index (χ0) is 15.4. The van der Waals surface area contributed by atoms with Gasteiger partial charge in [0.2, 0.25) is 5.13 Å². The Balaban J connectivity index is 1.91. The second-order valence-electron chi connectivity index (χ2n) is 4.51. The van der Waals surface area contributed by atoms with E-state index in [0.29, 0.717) is 15.8 Å². The lowest BCUT2D eigenvalue weighted by Crippen LogP contribution is -2.29. The summed E-state index contributed by atoms with van der Waals surface area (Å²) in [6.45, 7) is 0. The van der Waals surface area contributed by atoms with Gasteiger partial charge in [-0.05, 0) is 17.7 Å². The van der Waals surface area contributed by atoms with Gasteiger partial charge in [-0.1, -0.05) is 47.7 Å². The second-order valence-corrected chi connectivity index (χ2v) is 5.55. The van der Waals surface area contributed by atoms with E-state index in [1.807, 2.05) is 30.3 Å². The normalized spacial score (nSPS) is 11.8. The number of nitrogens with one attached hydrogen (secondary N) is 1. The topological polar surface area (TPSA) is 93.8 Å². The number of hydrogen-bond acceptors (Lipinski definition) is 6. The number of pyridine rings is 1. The molecule has 3 aromatic rings. The smallest absolute Gasteiger partial charge is 0.270 e. The van der Waals surface area contributed by atoms with Crippen molar-refractivity contribution >= 4 is 22.4 Å². The number of nitrogens with two attached hydrogens (primary N) is 1. The van der Waals surface area contributed by atoms with Crippen LogP contribution in [0.25, 0.3) is 0 Å². The highest BCUT2D eigenvalue weighted by atomic mass is 32.1. The van der Waals surface area contributed by atoms with Crippen LogP contribution in [0.1, 0.15) is 27.1 Å². The third-order valence-corrected chi connectivity index (χ3v) is 3.83. The van der Waals surface area contributed by atoms with Gasteiger partial charge in [0.25, 0.3) is 5.91 Å². The number of nitrogen functional groups attached to an aromatic ring is 1. The maximum absolute atomic E-state index is 12.4. The monoisotopic (exact) mass is 311 g/mol. The lowest BCUT2D eigenvalue weighted by atomic mass is 10.1. The molecule has 0 aliphatic rings. The summed E-state index contributed by atoms with van der Waals surface area (Å²) in [5.41, 5.74) is 6.91. The Morgan fingerprint density at radius 2 is 1.86 bits per heavy atom. The summed E-state index contributed by atoms with van der Waals surface area (Å²) in [5, 5.41) is 11.8. The van der Waals surface area contributed by atoms with Crippen molar-refractivity contribution in [2.24, 2.45) is 0 Å². The number of hydrogen-bond donors (Lipinski definition) is 2. The maximum Gasteiger partial charge on any atom is 0.270 e. The average molecular weight is 311 g/mol. The maximum atomic E-state index is 12.4. The van der Waals surface area contributed by atoms with Gasteiger partial charge in [-0.25, -0.2) is 0 Å². The molecule has 3 rings (SSSR count). The molecule has 0 radical (unpaired) electrons. The minimum atomic E-state index is -0.412. The summed E-state index contributed by atoms with van der Waals surface area (Å²) in [6.07, 6.45) is 1.58. The van der Waals surface area contributed by atoms with Crippen LogP contribution in [0.3, 0.4) is 0 Å². The summed E-state index contributed by atoms with van der Waals surface area (Å²) in [6, 6.07) is 14.3.